The molecule has 140 valence electrons. The number of carbonyl (C=O) groups is 2. The minimum atomic E-state index is -0.579. The van der Waals surface area contributed by atoms with Crippen molar-refractivity contribution in [2.75, 3.05) is 7.11 Å². The van der Waals surface area contributed by atoms with Crippen molar-refractivity contribution in [3.05, 3.63) is 35.9 Å². The predicted octanol–water partition coefficient (Wildman–Crippen LogP) is 3.59. The number of methoxy groups -OCH3 is 1. The first-order valence-corrected chi connectivity index (χ1v) is 9.86. The van der Waals surface area contributed by atoms with Gasteiger partial charge < -0.3 is 10.1 Å². The molecule has 4 aliphatic rings. The third-order valence-corrected chi connectivity index (χ3v) is 7.04. The number of ether oxygens (including phenoxy) is 1. The Morgan fingerprint density at radius 3 is 2.42 bits per heavy atom. The molecule has 4 fully saturated rings. The molecule has 4 nitrogen and oxygen atoms in total. The van der Waals surface area contributed by atoms with Gasteiger partial charge in [0.15, 0.2) is 0 Å². The molecule has 0 aromatic heterocycles. The Kier molecular flexibility index (Phi) is 4.32. The summed E-state index contributed by atoms with van der Waals surface area (Å²) in [6.45, 7) is 1.69. The highest BCUT2D eigenvalue weighted by Gasteiger charge is 2.58. The first-order chi connectivity index (χ1) is 12.4. The van der Waals surface area contributed by atoms with Crippen molar-refractivity contribution in [1.82, 2.24) is 5.32 Å². The summed E-state index contributed by atoms with van der Waals surface area (Å²) >= 11 is 0. The zero-order valence-electron chi connectivity index (χ0n) is 15.8. The molecule has 2 unspecified atom stereocenters. The summed E-state index contributed by atoms with van der Waals surface area (Å²) in [5, 5.41) is 2.84. The summed E-state index contributed by atoms with van der Waals surface area (Å²) in [4.78, 5) is 24.3. The predicted molar refractivity (Wildman–Crippen MR) is 99.5 cm³/mol. The van der Waals surface area contributed by atoms with E-state index in [9.17, 15) is 9.59 Å². The van der Waals surface area contributed by atoms with E-state index < -0.39 is 6.04 Å². The van der Waals surface area contributed by atoms with Crippen LogP contribution in [0, 0.1) is 17.3 Å². The fourth-order valence-electron chi connectivity index (χ4n) is 6.66. The second kappa shape index (κ2) is 6.40. The Morgan fingerprint density at radius 2 is 1.81 bits per heavy atom. The molecule has 26 heavy (non-hydrogen) atoms. The maximum Gasteiger partial charge on any atom is 0.328 e. The Labute approximate surface area is 155 Å². The molecule has 1 N–H and O–H groups in total. The topological polar surface area (TPSA) is 55.4 Å². The zero-order valence-corrected chi connectivity index (χ0v) is 15.8. The van der Waals surface area contributed by atoms with Gasteiger partial charge in [0.05, 0.1) is 7.11 Å². The maximum absolute atomic E-state index is 12.7. The van der Waals surface area contributed by atoms with Crippen molar-refractivity contribution in [3.8, 4) is 0 Å². The van der Waals surface area contributed by atoms with Crippen LogP contribution in [0.2, 0.25) is 0 Å². The Balaban J connectivity index is 1.53. The van der Waals surface area contributed by atoms with Crippen LogP contribution in [0.3, 0.4) is 0 Å². The molecule has 0 aliphatic heterocycles. The summed E-state index contributed by atoms with van der Waals surface area (Å²) in [5.41, 5.74) is 1.81. The van der Waals surface area contributed by atoms with Gasteiger partial charge in [-0.2, -0.15) is 0 Å². The molecular weight excluding hydrogens is 326 g/mol. The van der Waals surface area contributed by atoms with Crippen LogP contribution in [0.1, 0.15) is 57.4 Å². The van der Waals surface area contributed by atoms with E-state index in [1.54, 1.807) is 6.92 Å². The number of carbonyl (C=O) groups excluding carboxylic acids is 2. The highest BCUT2D eigenvalue weighted by atomic mass is 16.5. The molecule has 1 amide bonds. The molecule has 0 heterocycles. The quantitative estimate of drug-likeness (QED) is 0.821. The van der Waals surface area contributed by atoms with E-state index in [0.717, 1.165) is 31.1 Å². The van der Waals surface area contributed by atoms with Gasteiger partial charge in [0.2, 0.25) is 5.91 Å². The lowest BCUT2D eigenvalue weighted by molar-refractivity contribution is -0.146. The molecule has 4 bridgehead atoms. The van der Waals surface area contributed by atoms with Crippen LogP contribution in [0.25, 0.3) is 0 Å². The molecule has 5 atom stereocenters. The Morgan fingerprint density at radius 1 is 1.15 bits per heavy atom. The molecule has 0 spiro atoms. The van der Waals surface area contributed by atoms with Gasteiger partial charge >= 0.3 is 5.97 Å². The van der Waals surface area contributed by atoms with Crippen LogP contribution in [-0.4, -0.2) is 25.0 Å². The van der Waals surface area contributed by atoms with Crippen molar-refractivity contribution in [3.63, 3.8) is 0 Å². The fraction of sp³-hybridized carbons (Fsp3) is 0.636. The second-order valence-electron chi connectivity index (χ2n) is 9.10. The third kappa shape index (κ3) is 3.04. The smallest absolute Gasteiger partial charge is 0.328 e. The third-order valence-electron chi connectivity index (χ3n) is 7.04. The number of hydrogen-bond acceptors (Lipinski definition) is 3. The van der Waals surface area contributed by atoms with Crippen LogP contribution in [0.5, 0.6) is 0 Å². The number of amides is 1. The molecular formula is C22H29NO3. The minimum Gasteiger partial charge on any atom is -0.467 e. The highest BCUT2D eigenvalue weighted by molar-refractivity contribution is 5.84. The molecule has 0 saturated heterocycles. The number of benzene rings is 1. The lowest BCUT2D eigenvalue weighted by Gasteiger charge is -2.62. The van der Waals surface area contributed by atoms with Gasteiger partial charge in [-0.3, -0.25) is 4.79 Å². The maximum atomic E-state index is 12.7. The lowest BCUT2D eigenvalue weighted by atomic mass is 9.42. The van der Waals surface area contributed by atoms with Gasteiger partial charge in [-0.1, -0.05) is 30.3 Å². The molecule has 4 aliphatic carbocycles. The van der Waals surface area contributed by atoms with Crippen molar-refractivity contribution < 1.29 is 14.3 Å². The Hall–Kier alpha value is -1.84. The highest BCUT2D eigenvalue weighted by Crippen LogP contribution is 2.66. The average molecular weight is 355 g/mol. The molecule has 1 aromatic carbocycles. The van der Waals surface area contributed by atoms with Gasteiger partial charge in [0.25, 0.3) is 0 Å². The lowest BCUT2D eigenvalue weighted by Crippen LogP contribution is -2.55. The second-order valence-corrected chi connectivity index (χ2v) is 9.10. The van der Waals surface area contributed by atoms with Crippen molar-refractivity contribution in [1.29, 1.82) is 0 Å². The van der Waals surface area contributed by atoms with Crippen LogP contribution in [0.4, 0.5) is 0 Å². The van der Waals surface area contributed by atoms with Crippen LogP contribution in [-0.2, 0) is 19.7 Å². The average Bonchev–Trinajstić information content (AvgIpc) is 2.60. The molecule has 1 aromatic rings. The monoisotopic (exact) mass is 355 g/mol. The van der Waals surface area contributed by atoms with Gasteiger partial charge in [0, 0.05) is 6.42 Å². The number of esters is 1. The van der Waals surface area contributed by atoms with Crippen LogP contribution >= 0.6 is 0 Å². The number of rotatable bonds is 5. The normalized spacial score (nSPS) is 35.8. The van der Waals surface area contributed by atoms with Gasteiger partial charge in [-0.25, -0.2) is 4.79 Å². The summed E-state index contributed by atoms with van der Waals surface area (Å²) < 4.78 is 4.73. The van der Waals surface area contributed by atoms with E-state index in [1.807, 2.05) is 0 Å². The van der Waals surface area contributed by atoms with E-state index in [-0.39, 0.29) is 22.7 Å². The molecule has 4 heteroatoms. The summed E-state index contributed by atoms with van der Waals surface area (Å²) in [7, 11) is 1.35. The fourth-order valence-corrected chi connectivity index (χ4v) is 6.66. The summed E-state index contributed by atoms with van der Waals surface area (Å²) in [6.07, 6.45) is 7.85. The molecule has 5 rings (SSSR count). The number of hydrogen-bond donors (Lipinski definition) is 1. The van der Waals surface area contributed by atoms with Gasteiger partial charge in [-0.15, -0.1) is 0 Å². The van der Waals surface area contributed by atoms with Crippen LogP contribution in [0.15, 0.2) is 30.3 Å². The summed E-state index contributed by atoms with van der Waals surface area (Å²) in [5.74, 6) is 1.09. The number of nitrogens with one attached hydrogen (secondary N) is 1. The summed E-state index contributed by atoms with van der Waals surface area (Å²) in [6, 6.07) is 10.3. The van der Waals surface area contributed by atoms with Crippen molar-refractivity contribution in [2.24, 2.45) is 17.3 Å². The first-order valence-electron chi connectivity index (χ1n) is 9.86. The van der Waals surface area contributed by atoms with Gasteiger partial charge in [0.1, 0.15) is 6.04 Å². The molecule has 0 radical (unpaired) electrons. The first kappa shape index (κ1) is 17.6. The van der Waals surface area contributed by atoms with Crippen molar-refractivity contribution >= 4 is 11.9 Å². The largest absolute Gasteiger partial charge is 0.467 e. The molecule has 4 saturated carbocycles. The van der Waals surface area contributed by atoms with E-state index in [4.69, 9.17) is 4.74 Å². The Bertz CT molecular complexity index is 685. The van der Waals surface area contributed by atoms with E-state index in [2.05, 4.69) is 35.6 Å². The van der Waals surface area contributed by atoms with E-state index in [0.29, 0.717) is 6.42 Å². The van der Waals surface area contributed by atoms with Crippen LogP contribution < -0.4 is 5.32 Å². The van der Waals surface area contributed by atoms with E-state index in [1.165, 1.54) is 31.9 Å². The zero-order chi connectivity index (χ0) is 18.4. The SMILES string of the molecule is COC(=O)[C@@H](C)NC(=O)CC12C[C@H]3C[C@@H](C1)CC(c1ccccc1)(C3)C2. The van der Waals surface area contributed by atoms with Crippen molar-refractivity contribution in [2.45, 2.75) is 63.3 Å². The van der Waals surface area contributed by atoms with Gasteiger partial charge in [-0.05, 0) is 73.7 Å². The minimum absolute atomic E-state index is 0.00642. The van der Waals surface area contributed by atoms with E-state index >= 15 is 0 Å². The standard InChI is InChI=1S/C22H29NO3/c1-15(20(25)26-2)23-19(24)13-21-9-16-8-17(10-21)12-22(11-16,14-21)18-6-4-3-5-7-18/h3-7,15-17H,8-14H2,1-2H3,(H,23,24)/t15-,16-,17+,21?,22?/m1/s1.